The zero-order valence-corrected chi connectivity index (χ0v) is 13.7. The molecule has 122 valence electrons. The third kappa shape index (κ3) is 3.76. The number of carbonyl (C=O) groups excluding carboxylic acids is 1. The molecule has 0 aromatic carbocycles. The number of aryl methyl sites for hydroxylation is 1. The molecule has 0 aliphatic carbocycles. The third-order valence-electron chi connectivity index (χ3n) is 3.94. The largest absolute Gasteiger partial charge is 0.350 e. The van der Waals surface area contributed by atoms with Gasteiger partial charge in [0.05, 0.1) is 5.01 Å². The molecule has 1 unspecified atom stereocenters. The number of H-pyrrole nitrogens is 1. The van der Waals surface area contributed by atoms with Crippen LogP contribution in [0, 0.1) is 6.92 Å². The molecule has 8 heteroatoms. The van der Waals surface area contributed by atoms with E-state index in [0.29, 0.717) is 12.2 Å². The van der Waals surface area contributed by atoms with Crippen LogP contribution in [0.15, 0.2) is 22.3 Å². The van der Waals surface area contributed by atoms with E-state index >= 15 is 0 Å². The van der Waals surface area contributed by atoms with E-state index in [4.69, 9.17) is 0 Å². The fraction of sp³-hybridized carbons (Fsp3) is 0.467. The Bertz CT molecular complexity index is 721. The van der Waals surface area contributed by atoms with Crippen LogP contribution in [0.2, 0.25) is 0 Å². The van der Waals surface area contributed by atoms with Gasteiger partial charge in [-0.05, 0) is 32.3 Å². The van der Waals surface area contributed by atoms with Crippen molar-refractivity contribution in [1.82, 2.24) is 20.5 Å². The zero-order chi connectivity index (χ0) is 16.2. The van der Waals surface area contributed by atoms with Crippen molar-refractivity contribution in [3.8, 4) is 0 Å². The van der Waals surface area contributed by atoms with Crippen LogP contribution in [0.3, 0.4) is 0 Å². The summed E-state index contributed by atoms with van der Waals surface area (Å²) >= 11 is 1.47. The molecule has 23 heavy (non-hydrogen) atoms. The minimum atomic E-state index is -0.213. The Kier molecular flexibility index (Phi) is 4.71. The number of hydrogen-bond donors (Lipinski definition) is 2. The highest BCUT2D eigenvalue weighted by molar-refractivity contribution is 7.09. The van der Waals surface area contributed by atoms with Crippen LogP contribution in [0.25, 0.3) is 0 Å². The summed E-state index contributed by atoms with van der Waals surface area (Å²) < 4.78 is 0. The maximum Gasteiger partial charge on any atom is 0.270 e. The molecule has 1 saturated heterocycles. The topological polar surface area (TPSA) is 91.0 Å². The van der Waals surface area contributed by atoms with E-state index < -0.39 is 0 Å². The Morgan fingerprint density at radius 1 is 1.48 bits per heavy atom. The Morgan fingerprint density at radius 2 is 2.35 bits per heavy atom. The third-order valence-corrected chi connectivity index (χ3v) is 4.71. The molecule has 1 fully saturated rings. The highest BCUT2D eigenvalue weighted by Gasteiger charge is 2.24. The first-order chi connectivity index (χ1) is 11.1. The molecule has 0 radical (unpaired) electrons. The van der Waals surface area contributed by atoms with Crippen molar-refractivity contribution in [1.29, 1.82) is 0 Å². The fourth-order valence-electron chi connectivity index (χ4n) is 2.78. The molecule has 7 nitrogen and oxygen atoms in total. The first kappa shape index (κ1) is 15.7. The predicted molar refractivity (Wildman–Crippen MR) is 89.0 cm³/mol. The van der Waals surface area contributed by atoms with Crippen molar-refractivity contribution in [3.63, 3.8) is 0 Å². The number of piperidine rings is 1. The van der Waals surface area contributed by atoms with Crippen LogP contribution < -0.4 is 15.8 Å². The van der Waals surface area contributed by atoms with Crippen LogP contribution in [-0.2, 0) is 0 Å². The molecule has 2 aromatic heterocycles. The summed E-state index contributed by atoms with van der Waals surface area (Å²) in [6.07, 6.45) is 3.18. The predicted octanol–water partition coefficient (Wildman–Crippen LogP) is 1.32. The lowest BCUT2D eigenvalue weighted by molar-refractivity contribution is 0.0945. The van der Waals surface area contributed by atoms with Crippen molar-refractivity contribution in [2.45, 2.75) is 32.2 Å². The Balaban J connectivity index is 1.66. The molecule has 1 atom stereocenters. The number of nitrogens with one attached hydrogen (secondary N) is 2. The molecule has 1 amide bonds. The normalized spacial score (nSPS) is 18.0. The number of amides is 1. The van der Waals surface area contributed by atoms with Crippen LogP contribution in [0.1, 0.15) is 34.8 Å². The van der Waals surface area contributed by atoms with E-state index in [1.807, 2.05) is 6.92 Å². The lowest BCUT2D eigenvalue weighted by atomic mass is 10.0. The van der Waals surface area contributed by atoms with E-state index in [1.54, 1.807) is 11.4 Å². The summed E-state index contributed by atoms with van der Waals surface area (Å²) in [5.74, 6) is 0.599. The second-order valence-electron chi connectivity index (χ2n) is 5.58. The summed E-state index contributed by atoms with van der Waals surface area (Å²) in [6.45, 7) is 3.29. The molecule has 3 rings (SSSR count). The smallest absolute Gasteiger partial charge is 0.270 e. The molecule has 0 saturated carbocycles. The first-order valence-electron chi connectivity index (χ1n) is 7.66. The van der Waals surface area contributed by atoms with Gasteiger partial charge in [0.2, 0.25) is 0 Å². The van der Waals surface area contributed by atoms with Gasteiger partial charge in [-0.15, -0.1) is 11.3 Å². The van der Waals surface area contributed by atoms with Gasteiger partial charge in [0.15, 0.2) is 0 Å². The molecule has 2 aromatic rings. The Hall–Kier alpha value is -2.22. The molecular formula is C15H19N5O2S. The number of carbonyl (C=O) groups is 1. The van der Waals surface area contributed by atoms with Crippen LogP contribution in [-0.4, -0.2) is 40.2 Å². The van der Waals surface area contributed by atoms with Gasteiger partial charge in [-0.1, -0.05) is 0 Å². The van der Waals surface area contributed by atoms with Crippen LogP contribution >= 0.6 is 11.3 Å². The maximum atomic E-state index is 12.1. The highest BCUT2D eigenvalue weighted by atomic mass is 32.1. The number of aromatic nitrogens is 3. The molecule has 0 spiro atoms. The number of anilines is 1. The molecule has 0 bridgehead atoms. The van der Waals surface area contributed by atoms with Crippen molar-refractivity contribution in [3.05, 3.63) is 38.6 Å². The highest BCUT2D eigenvalue weighted by Crippen LogP contribution is 2.21. The van der Waals surface area contributed by atoms with Crippen molar-refractivity contribution in [2.75, 3.05) is 18.0 Å². The fourth-order valence-corrected chi connectivity index (χ4v) is 3.37. The number of thiazole rings is 1. The number of hydrogen-bond acceptors (Lipinski definition) is 6. The first-order valence-corrected chi connectivity index (χ1v) is 8.54. The van der Waals surface area contributed by atoms with Gasteiger partial charge >= 0.3 is 0 Å². The van der Waals surface area contributed by atoms with Gasteiger partial charge in [0.1, 0.15) is 11.5 Å². The van der Waals surface area contributed by atoms with E-state index in [9.17, 15) is 9.59 Å². The minimum Gasteiger partial charge on any atom is -0.350 e. The van der Waals surface area contributed by atoms with Gasteiger partial charge in [0, 0.05) is 30.6 Å². The Labute approximate surface area is 137 Å². The number of rotatable bonds is 4. The standard InChI is InChI=1S/C15H19N5O2S/c1-10-17-12(9-23-10)15(22)16-8-11-4-2-3-7-20(11)13-5-6-14(21)19-18-13/h5-6,9,11H,2-4,7-8H2,1H3,(H,16,22)(H,19,21). The summed E-state index contributed by atoms with van der Waals surface area (Å²) in [5.41, 5.74) is 0.256. The van der Waals surface area contributed by atoms with Crippen LogP contribution in [0.4, 0.5) is 5.82 Å². The van der Waals surface area contributed by atoms with Crippen molar-refractivity contribution >= 4 is 23.1 Å². The lowest BCUT2D eigenvalue weighted by Gasteiger charge is -2.36. The summed E-state index contributed by atoms with van der Waals surface area (Å²) in [5, 5.41) is 12.2. The summed E-state index contributed by atoms with van der Waals surface area (Å²) in [6, 6.07) is 3.37. The van der Waals surface area contributed by atoms with E-state index in [-0.39, 0.29) is 17.5 Å². The molecule has 2 N–H and O–H groups in total. The van der Waals surface area contributed by atoms with E-state index in [2.05, 4.69) is 25.4 Å². The zero-order valence-electron chi connectivity index (χ0n) is 12.9. The van der Waals surface area contributed by atoms with Gasteiger partial charge in [-0.2, -0.15) is 5.10 Å². The average Bonchev–Trinajstić information content (AvgIpc) is 3.00. The molecule has 3 heterocycles. The van der Waals surface area contributed by atoms with Crippen LogP contribution in [0.5, 0.6) is 0 Å². The van der Waals surface area contributed by atoms with E-state index in [0.717, 1.165) is 36.6 Å². The molecular weight excluding hydrogens is 314 g/mol. The second kappa shape index (κ2) is 6.91. The maximum absolute atomic E-state index is 12.1. The number of aromatic amines is 1. The summed E-state index contributed by atoms with van der Waals surface area (Å²) in [4.78, 5) is 29.6. The second-order valence-corrected chi connectivity index (χ2v) is 6.65. The SMILES string of the molecule is Cc1nc(C(=O)NCC2CCCCN2c2ccc(=O)[nH]n2)cs1. The Morgan fingerprint density at radius 3 is 3.04 bits per heavy atom. The number of nitrogens with zero attached hydrogens (tertiary/aromatic N) is 3. The monoisotopic (exact) mass is 333 g/mol. The minimum absolute atomic E-state index is 0.144. The molecule has 1 aliphatic rings. The van der Waals surface area contributed by atoms with Gasteiger partial charge < -0.3 is 10.2 Å². The van der Waals surface area contributed by atoms with Gasteiger partial charge in [-0.3, -0.25) is 9.59 Å². The molecule has 1 aliphatic heterocycles. The van der Waals surface area contributed by atoms with E-state index in [1.165, 1.54) is 17.4 Å². The van der Waals surface area contributed by atoms with Crippen molar-refractivity contribution < 1.29 is 4.79 Å². The summed E-state index contributed by atoms with van der Waals surface area (Å²) in [7, 11) is 0. The quantitative estimate of drug-likeness (QED) is 0.881. The average molecular weight is 333 g/mol. The van der Waals surface area contributed by atoms with Crippen molar-refractivity contribution in [2.24, 2.45) is 0 Å². The van der Waals surface area contributed by atoms with Gasteiger partial charge in [0.25, 0.3) is 11.5 Å². The van der Waals surface area contributed by atoms with Gasteiger partial charge in [-0.25, -0.2) is 10.1 Å². The lowest BCUT2D eigenvalue weighted by Crippen LogP contribution is -2.47.